The maximum absolute atomic E-state index is 11.6. The molecule has 0 aromatic carbocycles. The smallest absolute Gasteiger partial charge is 0.325 e. The molecule has 1 atom stereocenters. The van der Waals surface area contributed by atoms with Gasteiger partial charge < -0.3 is 9.64 Å². The predicted octanol–water partition coefficient (Wildman–Crippen LogP) is 1.18. The molecule has 0 heterocycles. The summed E-state index contributed by atoms with van der Waals surface area (Å²) in [5.41, 5.74) is 0. The van der Waals surface area contributed by atoms with E-state index < -0.39 is 0 Å². The van der Waals surface area contributed by atoms with E-state index in [0.717, 1.165) is 6.42 Å². The first-order valence-corrected chi connectivity index (χ1v) is 5.44. The number of esters is 1. The topological polar surface area (TPSA) is 46.6 Å². The van der Waals surface area contributed by atoms with E-state index in [1.165, 1.54) is 12.0 Å². The Morgan fingerprint density at radius 1 is 1.50 bits per heavy atom. The maximum Gasteiger partial charge on any atom is 0.325 e. The van der Waals surface area contributed by atoms with Gasteiger partial charge in [0.15, 0.2) is 0 Å². The summed E-state index contributed by atoms with van der Waals surface area (Å²) in [7, 11) is 1.31. The standard InChI is InChI=1S/C9H16BrNO3/c1-4-5-11(6-8(12)14-3)9(13)7(2)10/h7H,4-6H2,1-3H3. The van der Waals surface area contributed by atoms with Crippen molar-refractivity contribution in [2.75, 3.05) is 20.2 Å². The average Bonchev–Trinajstić information content (AvgIpc) is 2.15. The van der Waals surface area contributed by atoms with Gasteiger partial charge in [0, 0.05) is 6.54 Å². The molecule has 0 N–H and O–H groups in total. The quantitative estimate of drug-likeness (QED) is 0.554. The summed E-state index contributed by atoms with van der Waals surface area (Å²) < 4.78 is 4.51. The van der Waals surface area contributed by atoms with Crippen LogP contribution in [0.1, 0.15) is 20.3 Å². The molecule has 0 saturated heterocycles. The minimum absolute atomic E-state index is 0.0269. The molecule has 0 fully saturated rings. The summed E-state index contributed by atoms with van der Waals surface area (Å²) in [5.74, 6) is -0.475. The normalized spacial score (nSPS) is 12.0. The van der Waals surface area contributed by atoms with Gasteiger partial charge in [-0.3, -0.25) is 9.59 Å². The van der Waals surface area contributed by atoms with Gasteiger partial charge in [0.1, 0.15) is 6.54 Å². The SMILES string of the molecule is CCCN(CC(=O)OC)C(=O)C(C)Br. The van der Waals surface area contributed by atoms with Crippen LogP contribution in [0.4, 0.5) is 0 Å². The highest BCUT2D eigenvalue weighted by atomic mass is 79.9. The lowest BCUT2D eigenvalue weighted by atomic mass is 10.3. The Hall–Kier alpha value is -0.580. The van der Waals surface area contributed by atoms with E-state index >= 15 is 0 Å². The maximum atomic E-state index is 11.6. The number of nitrogens with zero attached hydrogens (tertiary/aromatic N) is 1. The van der Waals surface area contributed by atoms with Crippen molar-refractivity contribution < 1.29 is 14.3 Å². The lowest BCUT2D eigenvalue weighted by Gasteiger charge is -2.21. The van der Waals surface area contributed by atoms with Crippen molar-refractivity contribution in [3.05, 3.63) is 0 Å². The van der Waals surface area contributed by atoms with E-state index in [9.17, 15) is 9.59 Å². The van der Waals surface area contributed by atoms with E-state index in [0.29, 0.717) is 6.54 Å². The largest absolute Gasteiger partial charge is 0.468 e. The molecular formula is C9H16BrNO3. The fourth-order valence-electron chi connectivity index (χ4n) is 1.01. The molecule has 0 saturated carbocycles. The fraction of sp³-hybridized carbons (Fsp3) is 0.778. The van der Waals surface area contributed by atoms with Crippen LogP contribution in [0.5, 0.6) is 0 Å². The average molecular weight is 266 g/mol. The highest BCUT2D eigenvalue weighted by Crippen LogP contribution is 2.05. The Bertz CT molecular complexity index is 206. The van der Waals surface area contributed by atoms with Crippen LogP contribution in [0.15, 0.2) is 0 Å². The van der Waals surface area contributed by atoms with E-state index in [-0.39, 0.29) is 23.2 Å². The molecule has 0 aliphatic rings. The molecule has 0 aliphatic heterocycles. The zero-order chi connectivity index (χ0) is 11.1. The number of halogens is 1. The Morgan fingerprint density at radius 3 is 2.43 bits per heavy atom. The van der Waals surface area contributed by atoms with Gasteiger partial charge in [0.25, 0.3) is 0 Å². The Kier molecular flexibility index (Phi) is 6.53. The molecule has 4 nitrogen and oxygen atoms in total. The van der Waals surface area contributed by atoms with Crippen LogP contribution >= 0.6 is 15.9 Å². The minimum Gasteiger partial charge on any atom is -0.468 e. The van der Waals surface area contributed by atoms with Crippen molar-refractivity contribution in [1.29, 1.82) is 0 Å². The molecule has 1 unspecified atom stereocenters. The van der Waals surface area contributed by atoms with Crippen molar-refractivity contribution in [2.45, 2.75) is 25.1 Å². The van der Waals surface area contributed by atoms with Gasteiger partial charge in [0.2, 0.25) is 5.91 Å². The number of ether oxygens (including phenoxy) is 1. The summed E-state index contributed by atoms with van der Waals surface area (Å²) in [6.07, 6.45) is 0.822. The predicted molar refractivity (Wildman–Crippen MR) is 57.3 cm³/mol. The molecule has 0 bridgehead atoms. The monoisotopic (exact) mass is 265 g/mol. The number of amides is 1. The third-order valence-electron chi connectivity index (χ3n) is 1.69. The fourth-order valence-corrected chi connectivity index (χ4v) is 1.30. The van der Waals surface area contributed by atoms with Crippen LogP contribution in [0, 0.1) is 0 Å². The van der Waals surface area contributed by atoms with E-state index in [2.05, 4.69) is 20.7 Å². The van der Waals surface area contributed by atoms with Gasteiger partial charge in [0.05, 0.1) is 11.9 Å². The van der Waals surface area contributed by atoms with Crippen LogP contribution < -0.4 is 0 Å². The number of rotatable bonds is 5. The van der Waals surface area contributed by atoms with Crippen molar-refractivity contribution in [3.63, 3.8) is 0 Å². The van der Waals surface area contributed by atoms with Crippen molar-refractivity contribution in [1.82, 2.24) is 4.90 Å². The zero-order valence-electron chi connectivity index (χ0n) is 8.75. The van der Waals surface area contributed by atoms with Crippen molar-refractivity contribution in [2.24, 2.45) is 0 Å². The molecule has 1 amide bonds. The van der Waals surface area contributed by atoms with Crippen molar-refractivity contribution >= 4 is 27.8 Å². The Balaban J connectivity index is 4.28. The lowest BCUT2D eigenvalue weighted by molar-refractivity contribution is -0.146. The summed E-state index contributed by atoms with van der Waals surface area (Å²) in [4.78, 5) is 23.8. The van der Waals surface area contributed by atoms with E-state index in [1.807, 2.05) is 6.92 Å². The second-order valence-electron chi connectivity index (χ2n) is 2.95. The first-order chi connectivity index (χ1) is 6.52. The number of hydrogen-bond donors (Lipinski definition) is 0. The second kappa shape index (κ2) is 6.81. The van der Waals surface area contributed by atoms with Gasteiger partial charge in [-0.25, -0.2) is 0 Å². The highest BCUT2D eigenvalue weighted by molar-refractivity contribution is 9.10. The summed E-state index contributed by atoms with van der Waals surface area (Å²) in [6.45, 7) is 4.29. The summed E-state index contributed by atoms with van der Waals surface area (Å²) >= 11 is 3.18. The number of carbonyl (C=O) groups excluding carboxylic acids is 2. The minimum atomic E-state index is -0.389. The van der Waals surface area contributed by atoms with E-state index in [1.54, 1.807) is 6.92 Å². The van der Waals surface area contributed by atoms with Crippen LogP contribution in [-0.2, 0) is 14.3 Å². The molecule has 0 radical (unpaired) electrons. The molecule has 0 rings (SSSR count). The Labute approximate surface area is 92.7 Å². The van der Waals surface area contributed by atoms with Crippen molar-refractivity contribution in [3.8, 4) is 0 Å². The van der Waals surface area contributed by atoms with Crippen LogP contribution in [-0.4, -0.2) is 41.8 Å². The number of carbonyl (C=O) groups is 2. The second-order valence-corrected chi connectivity index (χ2v) is 4.33. The highest BCUT2D eigenvalue weighted by Gasteiger charge is 2.20. The van der Waals surface area contributed by atoms with Gasteiger partial charge in [-0.1, -0.05) is 22.9 Å². The molecule has 0 aliphatic carbocycles. The molecular weight excluding hydrogens is 250 g/mol. The number of methoxy groups -OCH3 is 1. The number of alkyl halides is 1. The third-order valence-corrected chi connectivity index (χ3v) is 2.08. The van der Waals surface area contributed by atoms with Gasteiger partial charge in [-0.2, -0.15) is 0 Å². The molecule has 5 heteroatoms. The molecule has 14 heavy (non-hydrogen) atoms. The van der Waals surface area contributed by atoms with Gasteiger partial charge >= 0.3 is 5.97 Å². The molecule has 0 aromatic rings. The van der Waals surface area contributed by atoms with Gasteiger partial charge in [-0.05, 0) is 13.3 Å². The van der Waals surface area contributed by atoms with Crippen LogP contribution in [0.2, 0.25) is 0 Å². The summed E-state index contributed by atoms with van der Waals surface area (Å²) in [5, 5.41) is 0. The molecule has 0 spiro atoms. The van der Waals surface area contributed by atoms with E-state index in [4.69, 9.17) is 0 Å². The first-order valence-electron chi connectivity index (χ1n) is 4.52. The molecule has 0 aromatic heterocycles. The first kappa shape index (κ1) is 13.4. The van der Waals surface area contributed by atoms with Gasteiger partial charge in [-0.15, -0.1) is 0 Å². The Morgan fingerprint density at radius 2 is 2.07 bits per heavy atom. The lowest BCUT2D eigenvalue weighted by Crippen LogP contribution is -2.40. The summed E-state index contributed by atoms with van der Waals surface area (Å²) in [6, 6.07) is 0. The zero-order valence-corrected chi connectivity index (χ0v) is 10.3. The molecule has 82 valence electrons. The number of hydrogen-bond acceptors (Lipinski definition) is 3. The third kappa shape index (κ3) is 4.60. The van der Waals surface area contributed by atoms with Crippen LogP contribution in [0.25, 0.3) is 0 Å². The van der Waals surface area contributed by atoms with Crippen LogP contribution in [0.3, 0.4) is 0 Å².